The molecular formula is C12H14BrNO3S2. The van der Waals surface area contributed by atoms with E-state index in [9.17, 15) is 14.7 Å². The lowest BCUT2D eigenvalue weighted by atomic mass is 10.2. The summed E-state index contributed by atoms with van der Waals surface area (Å²) < 4.78 is 0.876. The number of thiophene rings is 1. The van der Waals surface area contributed by atoms with Crippen molar-refractivity contribution in [1.82, 2.24) is 4.90 Å². The number of rotatable bonds is 4. The number of carbonyl (C=O) groups excluding carboxylic acids is 1. The Balaban J connectivity index is 2.25. The molecule has 0 bridgehead atoms. The van der Waals surface area contributed by atoms with Gasteiger partial charge < -0.3 is 10.0 Å². The summed E-state index contributed by atoms with van der Waals surface area (Å²) in [6, 6.07) is 1.03. The van der Waals surface area contributed by atoms with Gasteiger partial charge in [0.1, 0.15) is 6.04 Å². The van der Waals surface area contributed by atoms with E-state index in [0.29, 0.717) is 11.3 Å². The smallest absolute Gasteiger partial charge is 0.327 e. The Kier molecular flexibility index (Phi) is 4.92. The predicted molar refractivity (Wildman–Crippen MR) is 80.8 cm³/mol. The number of aliphatic carboxylic acids is 1. The predicted octanol–water partition coefficient (Wildman–Crippen LogP) is 3.28. The minimum Gasteiger partial charge on any atom is -0.480 e. The van der Waals surface area contributed by atoms with Crippen LogP contribution in [0.1, 0.15) is 30.1 Å². The van der Waals surface area contributed by atoms with Crippen molar-refractivity contribution in [2.45, 2.75) is 31.2 Å². The Labute approximate surface area is 128 Å². The molecule has 0 saturated carbocycles. The summed E-state index contributed by atoms with van der Waals surface area (Å²) in [5.74, 6) is -0.636. The molecular weight excluding hydrogens is 350 g/mol. The van der Waals surface area contributed by atoms with Gasteiger partial charge in [-0.2, -0.15) is 0 Å². The number of thioether (sulfide) groups is 1. The number of carboxylic acids is 1. The molecule has 2 heterocycles. The molecule has 19 heavy (non-hydrogen) atoms. The third kappa shape index (κ3) is 3.14. The lowest BCUT2D eigenvalue weighted by Gasteiger charge is -2.26. The molecule has 1 amide bonds. The van der Waals surface area contributed by atoms with Crippen molar-refractivity contribution in [3.63, 3.8) is 0 Å². The Morgan fingerprint density at radius 3 is 2.84 bits per heavy atom. The summed E-state index contributed by atoms with van der Waals surface area (Å²) in [6.07, 6.45) is 1.76. The zero-order valence-corrected chi connectivity index (χ0v) is 13.6. The molecule has 2 unspecified atom stereocenters. The number of hydrogen-bond acceptors (Lipinski definition) is 4. The van der Waals surface area contributed by atoms with E-state index in [2.05, 4.69) is 15.9 Å². The van der Waals surface area contributed by atoms with E-state index in [1.165, 1.54) is 16.2 Å². The first-order valence-corrected chi connectivity index (χ1v) is 8.67. The second kappa shape index (κ2) is 6.28. The topological polar surface area (TPSA) is 57.6 Å². The third-order valence-electron chi connectivity index (χ3n) is 2.96. The molecule has 0 spiro atoms. The molecule has 1 aromatic rings. The summed E-state index contributed by atoms with van der Waals surface area (Å²) in [4.78, 5) is 25.3. The highest BCUT2D eigenvalue weighted by Gasteiger charge is 2.41. The minimum atomic E-state index is -0.922. The number of nitrogens with zero attached hydrogens (tertiary/aromatic N) is 1. The van der Waals surface area contributed by atoms with Crippen molar-refractivity contribution in [2.24, 2.45) is 0 Å². The van der Waals surface area contributed by atoms with Crippen molar-refractivity contribution < 1.29 is 14.7 Å². The van der Waals surface area contributed by atoms with E-state index < -0.39 is 12.0 Å². The zero-order chi connectivity index (χ0) is 14.0. The Morgan fingerprint density at radius 2 is 2.32 bits per heavy atom. The second-order valence-corrected chi connectivity index (χ2v) is 7.78. The zero-order valence-electron chi connectivity index (χ0n) is 10.3. The van der Waals surface area contributed by atoms with Crippen LogP contribution in [0.4, 0.5) is 0 Å². The molecule has 0 radical (unpaired) electrons. The first-order chi connectivity index (χ1) is 9.04. The molecule has 1 saturated heterocycles. The maximum Gasteiger partial charge on any atom is 0.327 e. The van der Waals surface area contributed by atoms with Crippen molar-refractivity contribution in [3.05, 3.63) is 20.8 Å². The van der Waals surface area contributed by atoms with Gasteiger partial charge in [0.2, 0.25) is 0 Å². The highest BCUT2D eigenvalue weighted by Crippen LogP contribution is 2.34. The van der Waals surface area contributed by atoms with Crippen LogP contribution >= 0.6 is 39.0 Å². The van der Waals surface area contributed by atoms with Gasteiger partial charge in [0.15, 0.2) is 0 Å². The summed E-state index contributed by atoms with van der Waals surface area (Å²) >= 11 is 6.31. The number of carbonyl (C=O) groups is 2. The molecule has 0 aliphatic carbocycles. The second-order valence-electron chi connectivity index (χ2n) is 4.28. The normalized spacial score (nSPS) is 22.7. The van der Waals surface area contributed by atoms with Crippen LogP contribution in [0.3, 0.4) is 0 Å². The van der Waals surface area contributed by atoms with E-state index in [1.54, 1.807) is 23.2 Å². The first kappa shape index (κ1) is 14.9. The molecule has 1 aromatic heterocycles. The maximum atomic E-state index is 12.5. The van der Waals surface area contributed by atoms with Gasteiger partial charge in [-0.3, -0.25) is 4.79 Å². The Morgan fingerprint density at radius 1 is 1.58 bits per heavy atom. The molecule has 1 aliphatic rings. The SMILES string of the molecule is CCCC1SCC(C(=O)O)N1C(=O)c1csc(Br)c1. The molecule has 1 N–H and O–H groups in total. The van der Waals surface area contributed by atoms with Gasteiger partial charge in [-0.1, -0.05) is 13.3 Å². The lowest BCUT2D eigenvalue weighted by molar-refractivity contribution is -0.141. The van der Waals surface area contributed by atoms with Crippen LogP contribution in [0.25, 0.3) is 0 Å². The first-order valence-electron chi connectivity index (χ1n) is 5.95. The molecule has 104 valence electrons. The van der Waals surface area contributed by atoms with Gasteiger partial charge in [0.05, 0.1) is 14.7 Å². The van der Waals surface area contributed by atoms with Crippen molar-refractivity contribution in [2.75, 3.05) is 5.75 Å². The van der Waals surface area contributed by atoms with Gasteiger partial charge in [0.25, 0.3) is 5.91 Å². The van der Waals surface area contributed by atoms with Gasteiger partial charge in [-0.15, -0.1) is 23.1 Å². The van der Waals surface area contributed by atoms with Crippen LogP contribution in [0.2, 0.25) is 0 Å². The summed E-state index contributed by atoms with van der Waals surface area (Å²) in [5.41, 5.74) is 0.562. The van der Waals surface area contributed by atoms with Crippen LogP contribution in [-0.4, -0.2) is 39.1 Å². The van der Waals surface area contributed by atoms with Crippen LogP contribution in [0, 0.1) is 0 Å². The summed E-state index contributed by atoms with van der Waals surface area (Å²) in [7, 11) is 0. The molecule has 0 aromatic carbocycles. The number of halogens is 1. The third-order valence-corrected chi connectivity index (χ3v) is 5.82. The Hall–Kier alpha value is -0.530. The van der Waals surface area contributed by atoms with Crippen LogP contribution in [-0.2, 0) is 4.79 Å². The van der Waals surface area contributed by atoms with Crippen molar-refractivity contribution in [3.8, 4) is 0 Å². The number of hydrogen-bond donors (Lipinski definition) is 1. The van der Waals surface area contributed by atoms with Crippen molar-refractivity contribution >= 4 is 50.9 Å². The molecule has 2 atom stereocenters. The fourth-order valence-corrected chi connectivity index (χ4v) is 4.71. The van der Waals surface area contributed by atoms with Crippen LogP contribution in [0.5, 0.6) is 0 Å². The van der Waals surface area contributed by atoms with E-state index in [4.69, 9.17) is 0 Å². The molecule has 4 nitrogen and oxygen atoms in total. The maximum absolute atomic E-state index is 12.5. The van der Waals surface area contributed by atoms with Gasteiger partial charge >= 0.3 is 5.97 Å². The average Bonchev–Trinajstić information content (AvgIpc) is 2.95. The van der Waals surface area contributed by atoms with Gasteiger partial charge in [-0.25, -0.2) is 4.79 Å². The van der Waals surface area contributed by atoms with Crippen LogP contribution in [0.15, 0.2) is 15.2 Å². The number of amides is 1. The quantitative estimate of drug-likeness (QED) is 0.891. The van der Waals surface area contributed by atoms with Crippen molar-refractivity contribution in [1.29, 1.82) is 0 Å². The molecule has 2 rings (SSSR count). The fourth-order valence-electron chi connectivity index (χ4n) is 2.07. The van der Waals surface area contributed by atoms with E-state index in [-0.39, 0.29) is 11.3 Å². The highest BCUT2D eigenvalue weighted by atomic mass is 79.9. The van der Waals surface area contributed by atoms with Crippen LogP contribution < -0.4 is 0 Å². The van der Waals surface area contributed by atoms with Gasteiger partial charge in [-0.05, 0) is 28.4 Å². The van der Waals surface area contributed by atoms with Gasteiger partial charge in [0, 0.05) is 11.1 Å². The molecule has 1 fully saturated rings. The minimum absolute atomic E-state index is 0.0303. The lowest BCUT2D eigenvalue weighted by Crippen LogP contribution is -2.45. The highest BCUT2D eigenvalue weighted by molar-refractivity contribution is 9.11. The standard InChI is InChI=1S/C12H14BrNO3S2/c1-2-3-10-14(8(6-19-10)12(16)17)11(15)7-4-9(13)18-5-7/h4-5,8,10H,2-3,6H2,1H3,(H,16,17). The largest absolute Gasteiger partial charge is 0.480 e. The van der Waals surface area contributed by atoms with E-state index >= 15 is 0 Å². The summed E-state index contributed by atoms with van der Waals surface area (Å²) in [6.45, 7) is 2.04. The summed E-state index contributed by atoms with van der Waals surface area (Å²) in [5, 5.41) is 11.0. The molecule has 7 heteroatoms. The Bertz CT molecular complexity index is 491. The fraction of sp³-hybridized carbons (Fsp3) is 0.500. The average molecular weight is 364 g/mol. The molecule has 1 aliphatic heterocycles. The van der Waals surface area contributed by atoms with E-state index in [0.717, 1.165) is 16.6 Å². The van der Waals surface area contributed by atoms with E-state index in [1.807, 2.05) is 6.92 Å². The monoisotopic (exact) mass is 363 g/mol. The number of carboxylic acid groups (broad SMARTS) is 1.